The van der Waals surface area contributed by atoms with Crippen molar-refractivity contribution in [2.45, 2.75) is 26.6 Å². The second kappa shape index (κ2) is 13.6. The Morgan fingerprint density at radius 3 is 2.04 bits per heavy atom. The molecular weight excluding hydrogens is 769 g/mol. The SMILES string of the molecule is [CH2-]c1cc(-c2ccccc2)c2c(oc3ccccc32)c1-c1cccc[n+]1[CH2-].[CH2-]c1cc(C)ccc1-c1ccc([Si](C)(C)C)c[n+]1[CH2-].[Ir]. The maximum Gasteiger partial charge on any atom is 0.133 e. The van der Waals surface area contributed by atoms with Gasteiger partial charge in [0.1, 0.15) is 5.58 Å². The molecule has 4 aromatic carbocycles. The van der Waals surface area contributed by atoms with Crippen LogP contribution in [0.15, 0.2) is 126 Å². The van der Waals surface area contributed by atoms with Gasteiger partial charge in [-0.05, 0) is 11.6 Å². The van der Waals surface area contributed by atoms with Gasteiger partial charge < -0.3 is 13.6 Å². The summed E-state index contributed by atoms with van der Waals surface area (Å²) in [7, 11) is 6.98. The first-order valence-corrected chi connectivity index (χ1v) is 19.0. The largest absolute Gasteiger partial charge is 0.469 e. The van der Waals surface area contributed by atoms with Crippen LogP contribution < -0.4 is 14.3 Å². The Morgan fingerprint density at radius 2 is 1.36 bits per heavy atom. The van der Waals surface area contributed by atoms with Crippen LogP contribution in [-0.2, 0) is 20.1 Å². The molecule has 7 aromatic rings. The minimum absolute atomic E-state index is 0. The minimum atomic E-state index is -1.29. The summed E-state index contributed by atoms with van der Waals surface area (Å²) in [6, 6.07) is 37.5. The Balaban J connectivity index is 0.000000192. The van der Waals surface area contributed by atoms with Gasteiger partial charge in [0.05, 0.1) is 37.4 Å². The fourth-order valence-corrected chi connectivity index (χ4v) is 7.11. The second-order valence-corrected chi connectivity index (χ2v) is 17.9. The Labute approximate surface area is 293 Å². The maximum atomic E-state index is 6.35. The predicted molar refractivity (Wildman–Crippen MR) is 195 cm³/mol. The molecule has 0 fully saturated rings. The summed E-state index contributed by atoms with van der Waals surface area (Å²) in [5.74, 6) is 0. The number of pyridine rings is 2. The van der Waals surface area contributed by atoms with Gasteiger partial charge in [-0.25, -0.2) is 0 Å². The topological polar surface area (TPSA) is 20.9 Å². The fourth-order valence-electron chi connectivity index (χ4n) is 5.99. The standard InChI is InChI=1S/C25H18NO.C17H22NSi.Ir/c1-17-16-20(18-10-4-3-5-11-18)24-19-12-6-7-14-22(19)27-25(24)23(17)21-13-8-9-15-26(21)2;1-13-7-9-16(14(2)11-13)17-10-8-15(12-18(17)3)19(4,5)6;/h3-16H,1-2H2;7-12H,2-3H2,1,4-6H3;/q2*-1;. The first-order valence-electron chi connectivity index (χ1n) is 15.5. The molecule has 0 aliphatic heterocycles. The van der Waals surface area contributed by atoms with Crippen molar-refractivity contribution in [2.24, 2.45) is 0 Å². The number of benzene rings is 4. The zero-order chi connectivity index (χ0) is 32.6. The monoisotopic (exact) mass is 809 g/mol. The molecular formula is C42H40IrN2OSi-2. The van der Waals surface area contributed by atoms with E-state index in [9.17, 15) is 0 Å². The summed E-state index contributed by atoms with van der Waals surface area (Å²) < 4.78 is 10.2. The van der Waals surface area contributed by atoms with E-state index in [0.29, 0.717) is 0 Å². The van der Waals surface area contributed by atoms with Crippen LogP contribution in [0.2, 0.25) is 19.6 Å². The summed E-state index contributed by atoms with van der Waals surface area (Å²) >= 11 is 0. The van der Waals surface area contributed by atoms with Crippen molar-refractivity contribution in [2.75, 3.05) is 0 Å². The van der Waals surface area contributed by atoms with E-state index in [1.165, 1.54) is 10.8 Å². The number of aromatic nitrogens is 2. The molecule has 7 rings (SSSR count). The van der Waals surface area contributed by atoms with Crippen molar-refractivity contribution in [1.29, 1.82) is 0 Å². The van der Waals surface area contributed by atoms with Gasteiger partial charge >= 0.3 is 0 Å². The molecule has 3 heterocycles. The molecule has 3 aromatic heterocycles. The Bertz CT molecular complexity index is 2200. The fraction of sp³-hybridized carbons (Fsp3) is 0.0952. The van der Waals surface area contributed by atoms with Crippen molar-refractivity contribution in [3.8, 4) is 33.6 Å². The van der Waals surface area contributed by atoms with Gasteiger partial charge in [0.25, 0.3) is 0 Å². The summed E-state index contributed by atoms with van der Waals surface area (Å²) in [6.07, 6.45) is 4.11. The maximum absolute atomic E-state index is 6.35. The summed E-state index contributed by atoms with van der Waals surface area (Å²) in [5.41, 5.74) is 11.5. The molecule has 3 nitrogen and oxygen atoms in total. The van der Waals surface area contributed by atoms with E-state index in [-0.39, 0.29) is 20.1 Å². The zero-order valence-corrected chi connectivity index (χ0v) is 30.9. The van der Waals surface area contributed by atoms with E-state index in [1.54, 1.807) is 0 Å². The minimum Gasteiger partial charge on any atom is -0.469 e. The number of furan rings is 1. The van der Waals surface area contributed by atoms with Crippen LogP contribution in [0, 0.1) is 34.9 Å². The molecule has 0 aliphatic rings. The molecule has 1 radical (unpaired) electrons. The number of aryl methyl sites for hydroxylation is 1. The van der Waals surface area contributed by atoms with E-state index < -0.39 is 8.07 Å². The van der Waals surface area contributed by atoms with E-state index >= 15 is 0 Å². The van der Waals surface area contributed by atoms with Crippen molar-refractivity contribution in [3.63, 3.8) is 0 Å². The Morgan fingerprint density at radius 1 is 0.660 bits per heavy atom. The van der Waals surface area contributed by atoms with Gasteiger partial charge in [0.2, 0.25) is 0 Å². The van der Waals surface area contributed by atoms with E-state index in [1.807, 2.05) is 57.8 Å². The average molecular weight is 809 g/mol. The molecule has 0 saturated carbocycles. The molecule has 5 heteroatoms. The van der Waals surface area contributed by atoms with Gasteiger partial charge in [0, 0.05) is 45.0 Å². The average Bonchev–Trinajstić information content (AvgIpc) is 3.41. The number of hydrogen-bond acceptors (Lipinski definition) is 1. The van der Waals surface area contributed by atoms with E-state index in [0.717, 1.165) is 66.7 Å². The molecule has 0 atom stereocenters. The quantitative estimate of drug-likeness (QED) is 0.0988. The number of hydrogen-bond donors (Lipinski definition) is 0. The summed E-state index contributed by atoms with van der Waals surface area (Å²) in [6.45, 7) is 17.6. The molecule has 239 valence electrons. The molecule has 0 N–H and O–H groups in total. The number of rotatable bonds is 4. The van der Waals surface area contributed by atoms with Gasteiger partial charge in [-0.15, -0.1) is 17.2 Å². The van der Waals surface area contributed by atoms with E-state index in [4.69, 9.17) is 4.42 Å². The summed E-state index contributed by atoms with van der Waals surface area (Å²) in [5, 5.41) is 3.64. The van der Waals surface area contributed by atoms with Gasteiger partial charge in [0.15, 0.2) is 0 Å². The Hall–Kier alpha value is -4.67. The number of fused-ring (bicyclic) bond motifs is 3. The van der Waals surface area contributed by atoms with Crippen LogP contribution in [0.5, 0.6) is 0 Å². The third-order valence-electron chi connectivity index (χ3n) is 8.44. The van der Waals surface area contributed by atoms with Crippen LogP contribution in [0.1, 0.15) is 16.7 Å². The first kappa shape index (κ1) is 33.7. The van der Waals surface area contributed by atoms with Gasteiger partial charge in [-0.3, -0.25) is 0 Å². The van der Waals surface area contributed by atoms with E-state index in [2.05, 4.69) is 127 Å². The summed E-state index contributed by atoms with van der Waals surface area (Å²) in [4.78, 5) is 0. The second-order valence-electron chi connectivity index (χ2n) is 12.9. The van der Waals surface area contributed by atoms with Gasteiger partial charge in [-0.1, -0.05) is 128 Å². The van der Waals surface area contributed by atoms with Crippen molar-refractivity contribution in [1.82, 2.24) is 0 Å². The predicted octanol–water partition coefficient (Wildman–Crippen LogP) is 9.34. The van der Waals surface area contributed by atoms with Crippen LogP contribution in [0.4, 0.5) is 0 Å². The molecule has 0 amide bonds. The van der Waals surface area contributed by atoms with Crippen molar-refractivity contribution < 1.29 is 33.7 Å². The zero-order valence-electron chi connectivity index (χ0n) is 27.5. The van der Waals surface area contributed by atoms with Crippen molar-refractivity contribution in [3.05, 3.63) is 166 Å². The van der Waals surface area contributed by atoms with Crippen molar-refractivity contribution >= 4 is 35.2 Å². The molecule has 0 bridgehead atoms. The number of nitrogens with zero attached hydrogens (tertiary/aromatic N) is 2. The third-order valence-corrected chi connectivity index (χ3v) is 10.5. The van der Waals surface area contributed by atoms with Gasteiger partial charge in [-0.2, -0.15) is 37.1 Å². The van der Waals surface area contributed by atoms with Crippen LogP contribution in [0.25, 0.3) is 55.6 Å². The molecule has 0 aliphatic carbocycles. The first-order chi connectivity index (χ1) is 22.0. The normalized spacial score (nSPS) is 11.1. The van der Waals surface area contributed by atoms with Crippen LogP contribution in [0.3, 0.4) is 0 Å². The van der Waals surface area contributed by atoms with Crippen LogP contribution in [-0.4, -0.2) is 8.07 Å². The molecule has 0 unspecified atom stereocenters. The molecule has 0 saturated heterocycles. The molecule has 47 heavy (non-hydrogen) atoms. The smallest absolute Gasteiger partial charge is 0.133 e. The third kappa shape index (κ3) is 6.75. The Kier molecular flexibility index (Phi) is 9.74. The van der Waals surface area contributed by atoms with Crippen LogP contribution >= 0.6 is 0 Å². The molecule has 0 spiro atoms. The number of para-hydroxylation sites is 1.